The molecule has 5 nitrogen and oxygen atoms in total. The lowest BCUT2D eigenvalue weighted by atomic mass is 9.90. The second-order valence-electron chi connectivity index (χ2n) is 4.73. The summed E-state index contributed by atoms with van der Waals surface area (Å²) in [5.41, 5.74) is 0.445. The molecule has 0 aliphatic heterocycles. The molecule has 102 valence electrons. The highest BCUT2D eigenvalue weighted by Gasteiger charge is 2.26. The minimum absolute atomic E-state index is 0.0193. The average molecular weight is 280 g/mol. The summed E-state index contributed by atoms with van der Waals surface area (Å²) in [7, 11) is -3.31. The molecule has 1 aromatic rings. The molecule has 6 heteroatoms. The number of rotatable bonds is 5. The van der Waals surface area contributed by atoms with Gasteiger partial charge in [-0.15, -0.1) is 0 Å². The molecule has 0 radical (unpaired) electrons. The van der Waals surface area contributed by atoms with E-state index in [0.717, 1.165) is 0 Å². The normalized spacial score (nSPS) is 22.5. The van der Waals surface area contributed by atoms with E-state index in [1.807, 2.05) is 6.07 Å². The van der Waals surface area contributed by atoms with Gasteiger partial charge in [0.1, 0.15) is 0 Å². The van der Waals surface area contributed by atoms with E-state index in [2.05, 4.69) is 5.32 Å². The number of sulfone groups is 1. The van der Waals surface area contributed by atoms with Crippen molar-refractivity contribution < 1.29 is 13.5 Å². The van der Waals surface area contributed by atoms with Gasteiger partial charge < -0.3 is 10.4 Å². The van der Waals surface area contributed by atoms with Gasteiger partial charge in [-0.3, -0.25) is 0 Å². The minimum atomic E-state index is -3.31. The van der Waals surface area contributed by atoms with Crippen LogP contribution in [0.3, 0.4) is 0 Å². The van der Waals surface area contributed by atoms with Crippen LogP contribution in [0.2, 0.25) is 0 Å². The molecule has 0 atom stereocenters. The summed E-state index contributed by atoms with van der Waals surface area (Å²) in [4.78, 5) is 0.238. The lowest BCUT2D eigenvalue weighted by Crippen LogP contribution is -2.45. The van der Waals surface area contributed by atoms with E-state index in [-0.39, 0.29) is 22.8 Å². The van der Waals surface area contributed by atoms with E-state index in [4.69, 9.17) is 10.4 Å². The highest BCUT2D eigenvalue weighted by atomic mass is 32.2. The standard InChI is InChI=1S/C13H16N2O3S/c14-9-10-1-3-13(4-2-10)19(17,18)6-5-15-11-7-12(16)8-11/h1-4,11-12,15-16H,5-8H2. The number of aliphatic hydroxyl groups excluding tert-OH is 1. The van der Waals surface area contributed by atoms with Gasteiger partial charge in [0.05, 0.1) is 28.4 Å². The maximum Gasteiger partial charge on any atom is 0.179 e. The van der Waals surface area contributed by atoms with Crippen LogP contribution >= 0.6 is 0 Å². The van der Waals surface area contributed by atoms with Crippen LogP contribution in [0.15, 0.2) is 29.2 Å². The van der Waals surface area contributed by atoms with Crippen LogP contribution in [-0.2, 0) is 9.84 Å². The summed E-state index contributed by atoms with van der Waals surface area (Å²) in [5, 5.41) is 20.9. The number of hydrogen-bond acceptors (Lipinski definition) is 5. The van der Waals surface area contributed by atoms with Gasteiger partial charge in [0, 0.05) is 12.6 Å². The molecule has 2 N–H and O–H groups in total. The molecule has 0 bridgehead atoms. The van der Waals surface area contributed by atoms with Crippen LogP contribution in [0.25, 0.3) is 0 Å². The lowest BCUT2D eigenvalue weighted by molar-refractivity contribution is 0.0635. The first-order valence-corrected chi connectivity index (χ1v) is 7.81. The predicted octanol–water partition coefficient (Wildman–Crippen LogP) is 0.445. The SMILES string of the molecule is N#Cc1ccc(S(=O)(=O)CCNC2CC(O)C2)cc1. The van der Waals surface area contributed by atoms with Crippen molar-refractivity contribution in [3.63, 3.8) is 0 Å². The van der Waals surface area contributed by atoms with Gasteiger partial charge in [-0.2, -0.15) is 5.26 Å². The molecule has 1 aromatic carbocycles. The maximum atomic E-state index is 12.0. The predicted molar refractivity (Wildman–Crippen MR) is 70.2 cm³/mol. The Morgan fingerprint density at radius 1 is 1.32 bits per heavy atom. The maximum absolute atomic E-state index is 12.0. The Balaban J connectivity index is 1.88. The smallest absolute Gasteiger partial charge is 0.179 e. The molecule has 0 spiro atoms. The number of benzene rings is 1. The van der Waals surface area contributed by atoms with Crippen molar-refractivity contribution in [2.45, 2.75) is 29.9 Å². The van der Waals surface area contributed by atoms with E-state index in [1.54, 1.807) is 0 Å². The molecule has 19 heavy (non-hydrogen) atoms. The van der Waals surface area contributed by atoms with Crippen LogP contribution in [0.5, 0.6) is 0 Å². The molecule has 0 heterocycles. The average Bonchev–Trinajstić information content (AvgIpc) is 2.36. The van der Waals surface area contributed by atoms with Crippen molar-refractivity contribution in [3.05, 3.63) is 29.8 Å². The summed E-state index contributed by atoms with van der Waals surface area (Å²) in [5.74, 6) is 0.0193. The molecular formula is C13H16N2O3S. The zero-order valence-corrected chi connectivity index (χ0v) is 11.2. The summed E-state index contributed by atoms with van der Waals surface area (Å²) < 4.78 is 24.0. The Morgan fingerprint density at radius 3 is 2.47 bits per heavy atom. The Morgan fingerprint density at radius 2 is 1.95 bits per heavy atom. The number of nitriles is 1. The van der Waals surface area contributed by atoms with Gasteiger partial charge in [0.15, 0.2) is 9.84 Å². The first-order valence-electron chi connectivity index (χ1n) is 6.15. The van der Waals surface area contributed by atoms with Crippen LogP contribution in [0.4, 0.5) is 0 Å². The molecular weight excluding hydrogens is 264 g/mol. The highest BCUT2D eigenvalue weighted by molar-refractivity contribution is 7.91. The van der Waals surface area contributed by atoms with E-state index in [0.29, 0.717) is 24.9 Å². The number of aliphatic hydroxyl groups is 1. The molecule has 0 amide bonds. The second-order valence-corrected chi connectivity index (χ2v) is 6.84. The van der Waals surface area contributed by atoms with Gasteiger partial charge >= 0.3 is 0 Å². The fourth-order valence-electron chi connectivity index (χ4n) is 2.01. The highest BCUT2D eigenvalue weighted by Crippen LogP contribution is 2.19. The van der Waals surface area contributed by atoms with Gasteiger partial charge in [-0.05, 0) is 37.1 Å². The number of nitrogens with zero attached hydrogens (tertiary/aromatic N) is 1. The first-order chi connectivity index (χ1) is 9.01. The minimum Gasteiger partial charge on any atom is -0.393 e. The fourth-order valence-corrected chi connectivity index (χ4v) is 3.18. The van der Waals surface area contributed by atoms with Crippen molar-refractivity contribution in [1.29, 1.82) is 5.26 Å². The largest absolute Gasteiger partial charge is 0.393 e. The third-order valence-corrected chi connectivity index (χ3v) is 4.99. The quantitative estimate of drug-likeness (QED) is 0.817. The van der Waals surface area contributed by atoms with Crippen molar-refractivity contribution in [2.24, 2.45) is 0 Å². The Bertz CT molecular complexity index is 569. The topological polar surface area (TPSA) is 90.2 Å². The first kappa shape index (κ1) is 14.0. The third-order valence-electron chi connectivity index (χ3n) is 3.26. The summed E-state index contributed by atoms with van der Waals surface area (Å²) in [6, 6.07) is 8.10. The van der Waals surface area contributed by atoms with Gasteiger partial charge in [0.2, 0.25) is 0 Å². The van der Waals surface area contributed by atoms with E-state index >= 15 is 0 Å². The van der Waals surface area contributed by atoms with Gasteiger partial charge in [-0.25, -0.2) is 8.42 Å². The van der Waals surface area contributed by atoms with Crippen LogP contribution in [-0.4, -0.2) is 38.0 Å². The van der Waals surface area contributed by atoms with Crippen LogP contribution in [0, 0.1) is 11.3 Å². The van der Waals surface area contributed by atoms with Crippen LogP contribution < -0.4 is 5.32 Å². The zero-order valence-electron chi connectivity index (χ0n) is 10.4. The van der Waals surface area contributed by atoms with Crippen molar-refractivity contribution >= 4 is 9.84 Å². The molecule has 0 saturated heterocycles. The zero-order chi connectivity index (χ0) is 13.9. The van der Waals surface area contributed by atoms with Crippen molar-refractivity contribution in [1.82, 2.24) is 5.32 Å². The molecule has 1 aliphatic rings. The molecule has 2 rings (SSSR count). The monoisotopic (exact) mass is 280 g/mol. The van der Waals surface area contributed by atoms with E-state index < -0.39 is 9.84 Å². The third kappa shape index (κ3) is 3.53. The van der Waals surface area contributed by atoms with E-state index in [1.165, 1.54) is 24.3 Å². The molecule has 1 fully saturated rings. The summed E-state index contributed by atoms with van der Waals surface area (Å²) >= 11 is 0. The molecule has 1 saturated carbocycles. The summed E-state index contributed by atoms with van der Waals surface area (Å²) in [6.07, 6.45) is 1.14. The van der Waals surface area contributed by atoms with Crippen LogP contribution in [0.1, 0.15) is 18.4 Å². The Kier molecular flexibility index (Phi) is 4.20. The lowest BCUT2D eigenvalue weighted by Gasteiger charge is -2.32. The fraction of sp³-hybridized carbons (Fsp3) is 0.462. The van der Waals surface area contributed by atoms with E-state index in [9.17, 15) is 8.42 Å². The van der Waals surface area contributed by atoms with Crippen molar-refractivity contribution in [3.8, 4) is 6.07 Å². The molecule has 0 unspecified atom stereocenters. The summed E-state index contributed by atoms with van der Waals surface area (Å²) in [6.45, 7) is 0.375. The second kappa shape index (κ2) is 5.70. The Labute approximate surface area is 112 Å². The van der Waals surface area contributed by atoms with Gasteiger partial charge in [-0.1, -0.05) is 0 Å². The molecule has 0 aromatic heterocycles. The number of hydrogen-bond donors (Lipinski definition) is 2. The molecule has 1 aliphatic carbocycles. The van der Waals surface area contributed by atoms with Gasteiger partial charge in [0.25, 0.3) is 0 Å². The van der Waals surface area contributed by atoms with Crippen molar-refractivity contribution in [2.75, 3.05) is 12.3 Å². The Hall–Kier alpha value is -1.42. The number of nitrogens with one attached hydrogen (secondary N) is 1.